The zero-order valence-corrected chi connectivity index (χ0v) is 41.6. The quantitative estimate of drug-likeness (QED) is 0.125. The molecule has 1 N–H and O–H groups in total. The topological polar surface area (TPSA) is 130 Å². The number of ketones is 1. The minimum absolute atomic E-state index is 0.0105. The zero-order valence-electron chi connectivity index (χ0n) is 40.0. The Morgan fingerprint density at radius 1 is 0.797 bits per heavy atom. The molecule has 4 heterocycles. The molecule has 0 aliphatic carbocycles. The predicted octanol–water partition coefficient (Wildman–Crippen LogP) is 7.86. The number of rotatable bonds is 13. The molecule has 0 radical (unpaired) electrons. The Morgan fingerprint density at radius 2 is 1.52 bits per heavy atom. The second kappa shape index (κ2) is 22.5. The maximum absolute atomic E-state index is 15.0. The van der Waals surface area contributed by atoms with E-state index in [1.165, 1.54) is 12.0 Å². The van der Waals surface area contributed by atoms with Crippen molar-refractivity contribution in [1.29, 1.82) is 0 Å². The van der Waals surface area contributed by atoms with E-state index in [4.69, 9.17) is 37.7 Å². The van der Waals surface area contributed by atoms with Crippen LogP contribution in [0.3, 0.4) is 0 Å². The summed E-state index contributed by atoms with van der Waals surface area (Å²) in [7, 11) is 5.69. The molecular formula is C54H63Cl2N7O6. The highest BCUT2D eigenvalue weighted by Gasteiger charge is 2.43. The Kier molecular flexibility index (Phi) is 16.2. The number of carbonyl (C=O) groups excluding carboxylic acids is 4. The van der Waals surface area contributed by atoms with Crippen LogP contribution in [-0.2, 0) is 56.9 Å². The van der Waals surface area contributed by atoms with Gasteiger partial charge in [-0.3, -0.25) is 24.1 Å². The van der Waals surface area contributed by atoms with Crippen LogP contribution >= 0.6 is 23.2 Å². The number of nitrogens with zero attached hydrogens (tertiary/aromatic N) is 6. The molecule has 13 nitrogen and oxygen atoms in total. The van der Waals surface area contributed by atoms with Crippen molar-refractivity contribution in [1.82, 2.24) is 34.5 Å². The van der Waals surface area contributed by atoms with E-state index in [9.17, 15) is 14.4 Å². The minimum atomic E-state index is -0.981. The van der Waals surface area contributed by atoms with Gasteiger partial charge in [0.15, 0.2) is 5.78 Å². The number of halogens is 2. The van der Waals surface area contributed by atoms with Gasteiger partial charge in [-0.1, -0.05) is 71.7 Å². The lowest BCUT2D eigenvalue weighted by Gasteiger charge is -2.45. The smallest absolute Gasteiger partial charge is 0.226 e. The highest BCUT2D eigenvalue weighted by Crippen LogP contribution is 2.34. The molecule has 3 amide bonds. The molecule has 3 aliphatic rings. The Labute approximate surface area is 415 Å². The van der Waals surface area contributed by atoms with Gasteiger partial charge >= 0.3 is 0 Å². The van der Waals surface area contributed by atoms with E-state index >= 15 is 4.79 Å². The van der Waals surface area contributed by atoms with Crippen molar-refractivity contribution in [2.75, 3.05) is 60.0 Å². The minimum Gasteiger partial charge on any atom is -0.457 e. The van der Waals surface area contributed by atoms with Crippen LogP contribution in [0.15, 0.2) is 103 Å². The van der Waals surface area contributed by atoms with E-state index in [1.54, 1.807) is 25.1 Å². The van der Waals surface area contributed by atoms with Crippen molar-refractivity contribution in [3.63, 3.8) is 0 Å². The largest absolute Gasteiger partial charge is 0.457 e. The van der Waals surface area contributed by atoms with E-state index in [2.05, 4.69) is 26.7 Å². The average Bonchev–Trinajstić information content (AvgIpc) is 3.70. The molecule has 4 aromatic carbocycles. The number of hydrogen-bond acceptors (Lipinski definition) is 9. The number of fused-ring (bicyclic) bond motifs is 2. The van der Waals surface area contributed by atoms with Gasteiger partial charge in [-0.25, -0.2) is 4.98 Å². The van der Waals surface area contributed by atoms with Crippen LogP contribution in [0.4, 0.5) is 0 Å². The molecule has 5 aromatic rings. The Hall–Kier alpha value is -5.57. The first kappa shape index (κ1) is 49.8. The number of likely N-dealkylation sites (N-methyl/N-ethyl adjacent to an activating group) is 1. The molecule has 0 saturated carbocycles. The molecule has 1 aromatic heterocycles. The number of piperidine rings is 1. The van der Waals surface area contributed by atoms with Crippen LogP contribution in [0.2, 0.25) is 10.0 Å². The van der Waals surface area contributed by atoms with Crippen LogP contribution in [0.25, 0.3) is 11.3 Å². The monoisotopic (exact) mass is 975 g/mol. The number of piperazine rings is 1. The first-order valence-electron chi connectivity index (χ1n) is 23.9. The third-order valence-corrected chi connectivity index (χ3v) is 14.5. The number of imidazole rings is 1. The maximum Gasteiger partial charge on any atom is 0.226 e. The number of benzene rings is 4. The van der Waals surface area contributed by atoms with Crippen molar-refractivity contribution in [2.45, 2.75) is 70.1 Å². The summed E-state index contributed by atoms with van der Waals surface area (Å²) in [6.45, 7) is 7.23. The molecule has 3 fully saturated rings. The number of nitrogens with one attached hydrogen (secondary N) is 1. The van der Waals surface area contributed by atoms with Crippen molar-refractivity contribution in [3.8, 4) is 22.8 Å². The van der Waals surface area contributed by atoms with E-state index < -0.39 is 23.4 Å². The number of aromatic nitrogens is 2. The standard InChI is InChI=1S/C54H63Cl2N7O6/c1-37-48(64)28-43(35-68-4)52(66)58-54(31-39-11-16-44(55)17-12-39)21-8-22-62(36-54)53(67)42(27-38-9-6-5-7-10-38)29-51(65)63(37)33-41-13-18-45(56)30-49(41)69-46-19-14-40(15-20-46)47-32-57-50(60(47)3)34-61-25-23-59(2)24-26-61/h5-7,9-20,30,32,37,42-43H,8,21-29,31,33-36H2,1-4H3,(H,58,66)/t37-,42+,43-,54+/m0/s1. The molecule has 15 heteroatoms. The van der Waals surface area contributed by atoms with Crippen molar-refractivity contribution >= 4 is 46.7 Å². The summed E-state index contributed by atoms with van der Waals surface area (Å²) in [5.74, 6) is -0.839. The summed E-state index contributed by atoms with van der Waals surface area (Å²) >= 11 is 12.9. The third-order valence-electron chi connectivity index (χ3n) is 14.1. The van der Waals surface area contributed by atoms with E-state index in [0.29, 0.717) is 59.3 Å². The maximum atomic E-state index is 15.0. The lowest BCUT2D eigenvalue weighted by atomic mass is 9.81. The molecule has 0 unspecified atom stereocenters. The Bertz CT molecular complexity index is 2580. The zero-order chi connectivity index (χ0) is 48.7. The summed E-state index contributed by atoms with van der Waals surface area (Å²) in [6, 6.07) is 29.1. The predicted molar refractivity (Wildman–Crippen MR) is 268 cm³/mol. The number of hydrogen-bond donors (Lipinski definition) is 1. The van der Waals surface area contributed by atoms with Gasteiger partial charge < -0.3 is 34.1 Å². The fourth-order valence-electron chi connectivity index (χ4n) is 9.98. The normalized spacial score (nSPS) is 22.4. The highest BCUT2D eigenvalue weighted by molar-refractivity contribution is 6.31. The summed E-state index contributed by atoms with van der Waals surface area (Å²) in [5, 5.41) is 4.37. The van der Waals surface area contributed by atoms with Crippen LogP contribution in [0.5, 0.6) is 11.5 Å². The van der Waals surface area contributed by atoms with Gasteiger partial charge in [-0.15, -0.1) is 0 Å². The second-order valence-electron chi connectivity index (χ2n) is 19.1. The van der Waals surface area contributed by atoms with Crippen LogP contribution < -0.4 is 10.1 Å². The highest BCUT2D eigenvalue weighted by atomic mass is 35.5. The summed E-state index contributed by atoms with van der Waals surface area (Å²) < 4.78 is 14.2. The lowest BCUT2D eigenvalue weighted by Crippen LogP contribution is -2.63. The van der Waals surface area contributed by atoms with Crippen LogP contribution in [-0.4, -0.2) is 124 Å². The van der Waals surface area contributed by atoms with Crippen LogP contribution in [0.1, 0.15) is 55.1 Å². The molecule has 3 aliphatic heterocycles. The second-order valence-corrected chi connectivity index (χ2v) is 20.0. The summed E-state index contributed by atoms with van der Waals surface area (Å²) in [4.78, 5) is 71.9. The molecule has 364 valence electrons. The van der Waals surface area contributed by atoms with Crippen LogP contribution in [0, 0.1) is 11.8 Å². The van der Waals surface area contributed by atoms with Crippen molar-refractivity contribution in [3.05, 3.63) is 136 Å². The number of amides is 3. The molecule has 3 saturated heterocycles. The molecule has 69 heavy (non-hydrogen) atoms. The molecule has 0 spiro atoms. The first-order chi connectivity index (χ1) is 33.3. The Morgan fingerprint density at radius 3 is 2.25 bits per heavy atom. The number of methoxy groups -OCH3 is 1. The SMILES string of the molecule is COC[C@@H]1CC(=O)[C@H](C)N(Cc2ccc(Cl)cc2Oc2ccc(-c3cnc(CN4CCN(C)CC4)n3C)cc2)C(=O)C[C@@H](Cc2ccccc2)C(=O)N2CCC[C@@](Cc3ccc(Cl)cc3)(C2)NC1=O. The molecule has 2 bridgehead atoms. The summed E-state index contributed by atoms with van der Waals surface area (Å²) in [6.07, 6.45) is 3.60. The fraction of sp³-hybridized carbons (Fsp3) is 0.426. The summed E-state index contributed by atoms with van der Waals surface area (Å²) in [5.41, 5.74) is 3.60. The van der Waals surface area contributed by atoms with Gasteiger partial charge in [0.1, 0.15) is 17.3 Å². The molecule has 8 rings (SSSR count). The molecule has 4 atom stereocenters. The number of carbonyl (C=O) groups is 4. The first-order valence-corrected chi connectivity index (χ1v) is 24.7. The Balaban J connectivity index is 1.08. The lowest BCUT2D eigenvalue weighted by molar-refractivity contribution is -0.147. The van der Waals surface area contributed by atoms with E-state index in [0.717, 1.165) is 60.9 Å². The number of ether oxygens (including phenoxy) is 2. The average molecular weight is 977 g/mol. The van der Waals surface area contributed by atoms with Gasteiger partial charge in [0.25, 0.3) is 0 Å². The van der Waals surface area contributed by atoms with Gasteiger partial charge in [0.2, 0.25) is 17.7 Å². The van der Waals surface area contributed by atoms with E-state index in [1.807, 2.05) is 97.0 Å². The van der Waals surface area contributed by atoms with Gasteiger partial charge in [0, 0.05) is 87.4 Å². The third kappa shape index (κ3) is 12.4. The fourth-order valence-corrected chi connectivity index (χ4v) is 10.3. The number of Topliss-reactive ketones (excluding diaryl/α,β-unsaturated/α-hetero) is 1. The van der Waals surface area contributed by atoms with Crippen molar-refractivity contribution in [2.24, 2.45) is 18.9 Å². The van der Waals surface area contributed by atoms with E-state index in [-0.39, 0.29) is 56.0 Å². The van der Waals surface area contributed by atoms with Crippen molar-refractivity contribution < 1.29 is 28.7 Å². The molecular weight excluding hydrogens is 914 g/mol. The van der Waals surface area contributed by atoms with Gasteiger partial charge in [-0.2, -0.15) is 0 Å². The van der Waals surface area contributed by atoms with Gasteiger partial charge in [0.05, 0.1) is 55.0 Å². The van der Waals surface area contributed by atoms with Gasteiger partial charge in [-0.05, 0) is 99.3 Å².